The van der Waals surface area contributed by atoms with E-state index in [1.54, 1.807) is 0 Å². The van der Waals surface area contributed by atoms with Crippen LogP contribution in [-0.4, -0.2) is 12.7 Å². The van der Waals surface area contributed by atoms with Crippen molar-refractivity contribution in [1.82, 2.24) is 0 Å². The average molecular weight is 128 g/mol. The van der Waals surface area contributed by atoms with Crippen molar-refractivity contribution in [3.63, 3.8) is 0 Å². The minimum absolute atomic E-state index is 0.381. The van der Waals surface area contributed by atoms with Crippen molar-refractivity contribution in [1.29, 1.82) is 0 Å². The lowest BCUT2D eigenvalue weighted by Crippen LogP contribution is -2.05. The van der Waals surface area contributed by atoms with Gasteiger partial charge in [-0.1, -0.05) is 12.2 Å². The van der Waals surface area contributed by atoms with Gasteiger partial charge in [0.05, 0.1) is 6.10 Å². The first-order valence-electron chi connectivity index (χ1n) is 3.54. The van der Waals surface area contributed by atoms with Crippen LogP contribution in [0.15, 0.2) is 12.2 Å². The molecule has 0 aliphatic carbocycles. The Bertz CT molecular complexity index is 76.6. The van der Waals surface area contributed by atoms with Gasteiger partial charge in [-0.3, -0.25) is 0 Å². The van der Waals surface area contributed by atoms with Crippen molar-refractivity contribution in [2.75, 3.05) is 6.61 Å². The van der Waals surface area contributed by atoms with E-state index in [4.69, 9.17) is 4.74 Å². The maximum absolute atomic E-state index is 5.29. The first kappa shape index (κ1) is 8.70. The zero-order valence-corrected chi connectivity index (χ0v) is 6.55. The van der Waals surface area contributed by atoms with Crippen LogP contribution >= 0.6 is 0 Å². The molecule has 0 fully saturated rings. The number of hydrogen-bond acceptors (Lipinski definition) is 1. The zero-order chi connectivity index (χ0) is 7.11. The van der Waals surface area contributed by atoms with Crippen LogP contribution in [0.4, 0.5) is 0 Å². The quantitative estimate of drug-likeness (QED) is 0.528. The van der Waals surface area contributed by atoms with E-state index in [2.05, 4.69) is 19.1 Å². The lowest BCUT2D eigenvalue weighted by molar-refractivity contribution is 0.0787. The first-order chi connectivity index (χ1) is 4.31. The smallest absolute Gasteiger partial charge is 0.0581 e. The van der Waals surface area contributed by atoms with Gasteiger partial charge in [0.15, 0.2) is 0 Å². The van der Waals surface area contributed by atoms with E-state index in [1.807, 2.05) is 13.8 Å². The summed E-state index contributed by atoms with van der Waals surface area (Å²) in [6.45, 7) is 6.95. The molecule has 54 valence electrons. The molecular formula is C8H16O. The summed E-state index contributed by atoms with van der Waals surface area (Å²) in [5, 5.41) is 0. The highest BCUT2D eigenvalue weighted by atomic mass is 16.5. The molecular weight excluding hydrogens is 112 g/mol. The molecule has 0 radical (unpaired) electrons. The standard InChI is InChI=1S/C8H16O/c1-4-6-7-8(3)9-5-2/h4,6,8H,5,7H2,1-3H3/b6-4+. The van der Waals surface area contributed by atoms with E-state index in [1.165, 1.54) is 0 Å². The van der Waals surface area contributed by atoms with E-state index in [9.17, 15) is 0 Å². The van der Waals surface area contributed by atoms with Gasteiger partial charge in [0.1, 0.15) is 0 Å². The maximum Gasteiger partial charge on any atom is 0.0581 e. The summed E-state index contributed by atoms with van der Waals surface area (Å²) >= 11 is 0. The van der Waals surface area contributed by atoms with Gasteiger partial charge >= 0.3 is 0 Å². The summed E-state index contributed by atoms with van der Waals surface area (Å²) in [6, 6.07) is 0. The van der Waals surface area contributed by atoms with Crippen LogP contribution in [0, 0.1) is 0 Å². The lowest BCUT2D eigenvalue weighted by atomic mass is 10.3. The molecule has 0 saturated carbocycles. The molecule has 1 heteroatoms. The van der Waals surface area contributed by atoms with Gasteiger partial charge in [-0.25, -0.2) is 0 Å². The maximum atomic E-state index is 5.29. The second kappa shape index (κ2) is 5.83. The van der Waals surface area contributed by atoms with E-state index >= 15 is 0 Å². The van der Waals surface area contributed by atoms with Gasteiger partial charge in [-0.05, 0) is 27.2 Å². The van der Waals surface area contributed by atoms with Gasteiger partial charge in [0.25, 0.3) is 0 Å². The Hall–Kier alpha value is -0.300. The molecule has 0 aromatic carbocycles. The second-order valence-electron chi connectivity index (χ2n) is 2.07. The molecule has 0 spiro atoms. The van der Waals surface area contributed by atoms with Gasteiger partial charge < -0.3 is 4.74 Å². The lowest BCUT2D eigenvalue weighted by Gasteiger charge is -2.06. The van der Waals surface area contributed by atoms with Gasteiger partial charge in [-0.2, -0.15) is 0 Å². The number of ether oxygens (including phenoxy) is 1. The van der Waals surface area contributed by atoms with Gasteiger partial charge in [-0.15, -0.1) is 0 Å². The second-order valence-corrected chi connectivity index (χ2v) is 2.07. The molecule has 0 saturated heterocycles. The molecule has 0 N–H and O–H groups in total. The predicted molar refractivity (Wildman–Crippen MR) is 40.5 cm³/mol. The predicted octanol–water partition coefficient (Wildman–Crippen LogP) is 2.38. The van der Waals surface area contributed by atoms with Crippen LogP contribution in [0.5, 0.6) is 0 Å². The molecule has 0 aromatic rings. The molecule has 1 unspecified atom stereocenters. The normalized spacial score (nSPS) is 14.6. The fraction of sp³-hybridized carbons (Fsp3) is 0.750. The summed E-state index contributed by atoms with van der Waals surface area (Å²) in [7, 11) is 0. The highest BCUT2D eigenvalue weighted by Crippen LogP contribution is 1.96. The molecule has 0 bridgehead atoms. The highest BCUT2D eigenvalue weighted by Gasteiger charge is 1.94. The van der Waals surface area contributed by atoms with Crippen molar-refractivity contribution in [2.24, 2.45) is 0 Å². The third-order valence-electron chi connectivity index (χ3n) is 1.15. The Morgan fingerprint density at radius 2 is 2.22 bits per heavy atom. The topological polar surface area (TPSA) is 9.23 Å². The molecule has 0 amide bonds. The Morgan fingerprint density at radius 1 is 1.56 bits per heavy atom. The number of rotatable bonds is 4. The van der Waals surface area contributed by atoms with Crippen LogP contribution in [-0.2, 0) is 4.74 Å². The van der Waals surface area contributed by atoms with Crippen LogP contribution < -0.4 is 0 Å². The summed E-state index contributed by atoms with van der Waals surface area (Å²) in [5.74, 6) is 0. The Morgan fingerprint density at radius 3 is 2.67 bits per heavy atom. The van der Waals surface area contributed by atoms with Crippen LogP contribution in [0.1, 0.15) is 27.2 Å². The summed E-state index contributed by atoms with van der Waals surface area (Å²) in [6.07, 6.45) is 5.59. The largest absolute Gasteiger partial charge is 0.378 e. The zero-order valence-electron chi connectivity index (χ0n) is 6.55. The Labute approximate surface area is 57.7 Å². The third kappa shape index (κ3) is 5.57. The van der Waals surface area contributed by atoms with Crippen LogP contribution in [0.2, 0.25) is 0 Å². The minimum atomic E-state index is 0.381. The van der Waals surface area contributed by atoms with Crippen molar-refractivity contribution in [3.05, 3.63) is 12.2 Å². The SMILES string of the molecule is C/C=C/CC(C)OCC. The fourth-order valence-corrected chi connectivity index (χ4v) is 0.680. The minimum Gasteiger partial charge on any atom is -0.378 e. The fourth-order valence-electron chi connectivity index (χ4n) is 0.680. The molecule has 9 heavy (non-hydrogen) atoms. The molecule has 0 aliphatic rings. The van der Waals surface area contributed by atoms with Crippen molar-refractivity contribution in [3.8, 4) is 0 Å². The summed E-state index contributed by atoms with van der Waals surface area (Å²) < 4.78 is 5.29. The van der Waals surface area contributed by atoms with Crippen molar-refractivity contribution in [2.45, 2.75) is 33.3 Å². The molecule has 1 nitrogen and oxygen atoms in total. The highest BCUT2D eigenvalue weighted by molar-refractivity contribution is 4.78. The summed E-state index contributed by atoms with van der Waals surface area (Å²) in [5.41, 5.74) is 0. The van der Waals surface area contributed by atoms with E-state index < -0.39 is 0 Å². The van der Waals surface area contributed by atoms with Crippen LogP contribution in [0.3, 0.4) is 0 Å². The molecule has 0 rings (SSSR count). The van der Waals surface area contributed by atoms with E-state index in [0.717, 1.165) is 13.0 Å². The van der Waals surface area contributed by atoms with Gasteiger partial charge in [0, 0.05) is 6.61 Å². The molecule has 0 aromatic heterocycles. The first-order valence-corrected chi connectivity index (χ1v) is 3.54. The molecule has 0 aliphatic heterocycles. The number of allylic oxidation sites excluding steroid dienone is 1. The molecule has 1 atom stereocenters. The van der Waals surface area contributed by atoms with Crippen molar-refractivity contribution < 1.29 is 4.74 Å². The van der Waals surface area contributed by atoms with E-state index in [-0.39, 0.29) is 0 Å². The average Bonchev–Trinajstić information content (AvgIpc) is 1.85. The number of hydrogen-bond donors (Lipinski definition) is 0. The molecule has 0 heterocycles. The van der Waals surface area contributed by atoms with Gasteiger partial charge in [0.2, 0.25) is 0 Å². The van der Waals surface area contributed by atoms with Crippen LogP contribution in [0.25, 0.3) is 0 Å². The van der Waals surface area contributed by atoms with Crippen molar-refractivity contribution >= 4 is 0 Å². The monoisotopic (exact) mass is 128 g/mol. The third-order valence-corrected chi connectivity index (χ3v) is 1.15. The van der Waals surface area contributed by atoms with E-state index in [0.29, 0.717) is 6.10 Å². The summed E-state index contributed by atoms with van der Waals surface area (Å²) in [4.78, 5) is 0. The Kier molecular flexibility index (Phi) is 5.64. The Balaban J connectivity index is 3.15.